The minimum atomic E-state index is -0.202. The van der Waals surface area contributed by atoms with Gasteiger partial charge in [0.25, 0.3) is 0 Å². The molecule has 1 aliphatic heterocycles. The van der Waals surface area contributed by atoms with Gasteiger partial charge in [-0.15, -0.1) is 11.3 Å². The Hall–Kier alpha value is -0.450. The monoisotopic (exact) mass is 225 g/mol. The molecule has 15 heavy (non-hydrogen) atoms. The first-order valence-corrected chi connectivity index (χ1v) is 6.47. The van der Waals surface area contributed by atoms with Crippen molar-refractivity contribution in [3.05, 3.63) is 16.1 Å². The molecule has 1 aliphatic carbocycles. The van der Waals surface area contributed by atoms with Gasteiger partial charge in [-0.2, -0.15) is 0 Å². The zero-order chi connectivity index (χ0) is 10.3. The Morgan fingerprint density at radius 3 is 2.73 bits per heavy atom. The van der Waals surface area contributed by atoms with E-state index in [0.717, 1.165) is 5.69 Å². The van der Waals surface area contributed by atoms with Gasteiger partial charge in [0.05, 0.1) is 5.01 Å². The van der Waals surface area contributed by atoms with Gasteiger partial charge >= 0.3 is 0 Å². The Morgan fingerprint density at radius 1 is 1.33 bits per heavy atom. The summed E-state index contributed by atoms with van der Waals surface area (Å²) in [7, 11) is 0. The van der Waals surface area contributed by atoms with E-state index >= 15 is 0 Å². The first-order valence-electron chi connectivity index (χ1n) is 5.59. The van der Waals surface area contributed by atoms with E-state index in [1.807, 2.05) is 6.92 Å². The van der Waals surface area contributed by atoms with E-state index in [2.05, 4.69) is 10.4 Å². The fourth-order valence-corrected chi connectivity index (χ4v) is 3.26. The highest BCUT2D eigenvalue weighted by molar-refractivity contribution is 7.09. The quantitative estimate of drug-likeness (QED) is 0.774. The van der Waals surface area contributed by atoms with Gasteiger partial charge in [-0.1, -0.05) is 12.8 Å². The fourth-order valence-electron chi connectivity index (χ4n) is 2.27. The zero-order valence-electron chi connectivity index (χ0n) is 8.81. The summed E-state index contributed by atoms with van der Waals surface area (Å²) in [4.78, 5) is 4.62. The van der Waals surface area contributed by atoms with Crippen LogP contribution in [0.1, 0.15) is 55.5 Å². The maximum atomic E-state index is 5.42. The summed E-state index contributed by atoms with van der Waals surface area (Å²) in [5.41, 5.74) is 0.958. The molecule has 3 nitrogen and oxygen atoms in total. The van der Waals surface area contributed by atoms with E-state index in [9.17, 15) is 0 Å². The largest absolute Gasteiger partial charge is 0.318 e. The predicted octanol–water partition coefficient (Wildman–Crippen LogP) is 3.19. The van der Waals surface area contributed by atoms with Gasteiger partial charge in [0.15, 0.2) is 6.29 Å². The standard InChI is InChI=1S/C11H15NO2S/c1-7-13-11(14-7)9-6-15-10(12-9)8-4-2-3-5-8/h6-8,11H,2-5H2,1H3. The van der Waals surface area contributed by atoms with Crippen molar-refractivity contribution < 1.29 is 9.47 Å². The van der Waals surface area contributed by atoms with Crippen LogP contribution in [-0.2, 0) is 9.47 Å². The van der Waals surface area contributed by atoms with Gasteiger partial charge in [-0.3, -0.25) is 0 Å². The molecule has 82 valence electrons. The van der Waals surface area contributed by atoms with Crippen LogP contribution in [0.3, 0.4) is 0 Å². The summed E-state index contributed by atoms with van der Waals surface area (Å²) in [6, 6.07) is 0. The molecule has 2 fully saturated rings. The molecule has 4 heteroatoms. The van der Waals surface area contributed by atoms with Crippen LogP contribution in [-0.4, -0.2) is 11.3 Å². The van der Waals surface area contributed by atoms with Crippen LogP contribution in [0.5, 0.6) is 0 Å². The highest BCUT2D eigenvalue weighted by Gasteiger charge is 2.31. The number of hydrogen-bond donors (Lipinski definition) is 0. The van der Waals surface area contributed by atoms with Gasteiger partial charge in [0, 0.05) is 11.3 Å². The second kappa shape index (κ2) is 3.85. The minimum Gasteiger partial charge on any atom is -0.318 e. The third-order valence-electron chi connectivity index (χ3n) is 3.12. The number of ether oxygens (including phenoxy) is 2. The van der Waals surface area contributed by atoms with E-state index in [4.69, 9.17) is 9.47 Å². The van der Waals surface area contributed by atoms with Crippen molar-refractivity contribution in [2.45, 2.75) is 51.1 Å². The summed E-state index contributed by atoms with van der Waals surface area (Å²) in [5, 5.41) is 3.35. The van der Waals surface area contributed by atoms with E-state index in [0.29, 0.717) is 5.92 Å². The molecule has 0 N–H and O–H groups in total. The summed E-state index contributed by atoms with van der Waals surface area (Å²) in [6.07, 6.45) is 5.05. The number of thiazole rings is 1. The number of nitrogens with zero attached hydrogens (tertiary/aromatic N) is 1. The van der Waals surface area contributed by atoms with Gasteiger partial charge < -0.3 is 9.47 Å². The van der Waals surface area contributed by atoms with Crippen LogP contribution in [0, 0.1) is 0 Å². The third kappa shape index (κ3) is 1.82. The topological polar surface area (TPSA) is 31.4 Å². The molecular weight excluding hydrogens is 210 g/mol. The lowest BCUT2D eigenvalue weighted by molar-refractivity contribution is -0.383. The Morgan fingerprint density at radius 2 is 2.07 bits per heavy atom. The molecule has 2 heterocycles. The second-order valence-electron chi connectivity index (χ2n) is 4.26. The Kier molecular flexibility index (Phi) is 2.50. The lowest BCUT2D eigenvalue weighted by atomic mass is 10.1. The minimum absolute atomic E-state index is 0.0633. The molecule has 1 saturated heterocycles. The van der Waals surface area contributed by atoms with E-state index in [1.165, 1.54) is 30.7 Å². The molecular formula is C11H15NO2S. The van der Waals surface area contributed by atoms with Gasteiger partial charge in [-0.25, -0.2) is 4.98 Å². The molecule has 0 spiro atoms. The summed E-state index contributed by atoms with van der Waals surface area (Å²) < 4.78 is 10.8. The highest BCUT2D eigenvalue weighted by Crippen LogP contribution is 2.38. The lowest BCUT2D eigenvalue weighted by Crippen LogP contribution is -2.31. The molecule has 3 rings (SSSR count). The lowest BCUT2D eigenvalue weighted by Gasteiger charge is -2.32. The van der Waals surface area contributed by atoms with Crippen molar-refractivity contribution in [2.24, 2.45) is 0 Å². The number of hydrogen-bond acceptors (Lipinski definition) is 4. The summed E-state index contributed by atoms with van der Waals surface area (Å²) >= 11 is 1.75. The van der Waals surface area contributed by atoms with Crippen molar-refractivity contribution >= 4 is 11.3 Å². The number of rotatable bonds is 2. The molecule has 2 aliphatic rings. The van der Waals surface area contributed by atoms with Gasteiger partial charge in [0.1, 0.15) is 5.69 Å². The van der Waals surface area contributed by atoms with Crippen molar-refractivity contribution in [3.8, 4) is 0 Å². The Balaban J connectivity index is 1.70. The van der Waals surface area contributed by atoms with E-state index in [1.54, 1.807) is 11.3 Å². The molecule has 0 amide bonds. The SMILES string of the molecule is CC1OC(c2csc(C3CCCC3)n2)O1. The van der Waals surface area contributed by atoms with Gasteiger partial charge in [-0.05, 0) is 19.8 Å². The Bertz CT molecular complexity index is 340. The maximum Gasteiger partial charge on any atom is 0.207 e. The summed E-state index contributed by atoms with van der Waals surface area (Å²) in [6.45, 7) is 1.90. The van der Waals surface area contributed by atoms with Crippen LogP contribution in [0.4, 0.5) is 0 Å². The second-order valence-corrected chi connectivity index (χ2v) is 5.15. The maximum absolute atomic E-state index is 5.42. The highest BCUT2D eigenvalue weighted by atomic mass is 32.1. The van der Waals surface area contributed by atoms with Gasteiger partial charge in [0.2, 0.25) is 6.29 Å². The van der Waals surface area contributed by atoms with Crippen LogP contribution in [0.25, 0.3) is 0 Å². The third-order valence-corrected chi connectivity index (χ3v) is 4.14. The number of aromatic nitrogens is 1. The van der Waals surface area contributed by atoms with Crippen LogP contribution in [0.2, 0.25) is 0 Å². The first-order chi connectivity index (χ1) is 7.33. The molecule has 0 aromatic carbocycles. The zero-order valence-corrected chi connectivity index (χ0v) is 9.63. The summed E-state index contributed by atoms with van der Waals surface area (Å²) in [5.74, 6) is 0.696. The van der Waals surface area contributed by atoms with Crippen LogP contribution in [0.15, 0.2) is 5.38 Å². The van der Waals surface area contributed by atoms with Crippen molar-refractivity contribution in [1.29, 1.82) is 0 Å². The van der Waals surface area contributed by atoms with E-state index in [-0.39, 0.29) is 12.6 Å². The van der Waals surface area contributed by atoms with Crippen molar-refractivity contribution in [1.82, 2.24) is 4.98 Å². The molecule has 1 aromatic rings. The molecule has 0 unspecified atom stereocenters. The van der Waals surface area contributed by atoms with Crippen molar-refractivity contribution in [2.75, 3.05) is 0 Å². The average Bonchev–Trinajstić information content (AvgIpc) is 2.83. The average molecular weight is 225 g/mol. The van der Waals surface area contributed by atoms with Crippen LogP contribution < -0.4 is 0 Å². The molecule has 0 bridgehead atoms. The predicted molar refractivity (Wildman–Crippen MR) is 57.7 cm³/mol. The molecule has 1 saturated carbocycles. The molecule has 0 radical (unpaired) electrons. The first kappa shape index (κ1) is 9.75. The van der Waals surface area contributed by atoms with E-state index < -0.39 is 0 Å². The normalized spacial score (nSPS) is 31.8. The fraction of sp³-hybridized carbons (Fsp3) is 0.727. The molecule has 0 atom stereocenters. The Labute approximate surface area is 93.4 Å². The van der Waals surface area contributed by atoms with Crippen molar-refractivity contribution in [3.63, 3.8) is 0 Å². The molecule has 1 aromatic heterocycles. The van der Waals surface area contributed by atoms with Crippen LogP contribution >= 0.6 is 11.3 Å². The smallest absolute Gasteiger partial charge is 0.207 e.